The number of phenolic OH excluding ortho intramolecular Hbond substituents is 1. The number of rotatable bonds is 3. The molecule has 0 amide bonds. The first-order valence-corrected chi connectivity index (χ1v) is 5.79. The van der Waals surface area contributed by atoms with Crippen LogP contribution in [-0.2, 0) is 4.79 Å². The molecule has 1 N–H and O–H groups in total. The lowest BCUT2D eigenvalue weighted by molar-refractivity contribution is -0.108. The van der Waals surface area contributed by atoms with Crippen molar-refractivity contribution in [3.8, 4) is 17.2 Å². The zero-order valence-electron chi connectivity index (χ0n) is 9.81. The highest BCUT2D eigenvalue weighted by atomic mass is 16.5. The smallest absolute Gasteiger partial charge is 0.203 e. The number of fused-ring (bicyclic) bond motifs is 1. The number of aromatic hydroxyl groups is 1. The predicted molar refractivity (Wildman–Crippen MR) is 62.8 cm³/mol. The van der Waals surface area contributed by atoms with E-state index in [1.165, 1.54) is 0 Å². The van der Waals surface area contributed by atoms with Crippen molar-refractivity contribution in [2.24, 2.45) is 0 Å². The van der Waals surface area contributed by atoms with Gasteiger partial charge in [-0.3, -0.25) is 0 Å². The predicted octanol–water partition coefficient (Wildman–Crippen LogP) is 2.25. The highest BCUT2D eigenvalue weighted by Crippen LogP contribution is 2.43. The first kappa shape index (κ1) is 11.8. The van der Waals surface area contributed by atoms with Gasteiger partial charge in [-0.2, -0.15) is 0 Å². The number of carbonyl (C=O) groups is 1. The largest absolute Gasteiger partial charge is 0.504 e. The SMILES string of the molecule is CC(CC=O)c1ccc2c(c1O)OCCCO2. The van der Waals surface area contributed by atoms with Gasteiger partial charge < -0.3 is 19.4 Å². The van der Waals surface area contributed by atoms with E-state index in [0.717, 1.165) is 18.3 Å². The van der Waals surface area contributed by atoms with Crippen molar-refractivity contribution in [2.75, 3.05) is 13.2 Å². The topological polar surface area (TPSA) is 55.8 Å². The molecule has 1 aliphatic rings. The summed E-state index contributed by atoms with van der Waals surface area (Å²) >= 11 is 0. The van der Waals surface area contributed by atoms with Crippen molar-refractivity contribution in [2.45, 2.75) is 25.7 Å². The maximum absolute atomic E-state index is 10.5. The summed E-state index contributed by atoms with van der Waals surface area (Å²) in [6.07, 6.45) is 2.04. The third-order valence-electron chi connectivity index (χ3n) is 2.90. The number of benzene rings is 1. The van der Waals surface area contributed by atoms with E-state index in [2.05, 4.69) is 0 Å². The molecule has 0 fully saturated rings. The van der Waals surface area contributed by atoms with Crippen LogP contribution in [0.4, 0.5) is 0 Å². The molecular formula is C13H16O4. The average Bonchev–Trinajstić information content (AvgIpc) is 2.55. The van der Waals surface area contributed by atoms with E-state index in [1.54, 1.807) is 12.1 Å². The van der Waals surface area contributed by atoms with Crippen LogP contribution < -0.4 is 9.47 Å². The molecule has 1 aromatic rings. The molecule has 17 heavy (non-hydrogen) atoms. The van der Waals surface area contributed by atoms with Crippen LogP contribution >= 0.6 is 0 Å². The normalized spacial score (nSPS) is 16.1. The summed E-state index contributed by atoms with van der Waals surface area (Å²) in [5, 5.41) is 10.1. The van der Waals surface area contributed by atoms with Crippen LogP contribution in [0.25, 0.3) is 0 Å². The van der Waals surface area contributed by atoms with Gasteiger partial charge in [0.15, 0.2) is 11.5 Å². The molecule has 0 saturated carbocycles. The molecule has 0 radical (unpaired) electrons. The lowest BCUT2D eigenvalue weighted by Gasteiger charge is -2.15. The Balaban J connectivity index is 2.37. The van der Waals surface area contributed by atoms with Crippen molar-refractivity contribution in [3.05, 3.63) is 17.7 Å². The van der Waals surface area contributed by atoms with Crippen LogP contribution in [0.15, 0.2) is 12.1 Å². The maximum atomic E-state index is 10.5. The molecule has 4 nitrogen and oxygen atoms in total. The van der Waals surface area contributed by atoms with Gasteiger partial charge in [0, 0.05) is 18.4 Å². The first-order chi connectivity index (χ1) is 8.24. The van der Waals surface area contributed by atoms with Gasteiger partial charge in [-0.25, -0.2) is 0 Å². The Morgan fingerprint density at radius 3 is 2.94 bits per heavy atom. The number of aldehydes is 1. The minimum atomic E-state index is -0.0235. The maximum Gasteiger partial charge on any atom is 0.203 e. The Morgan fingerprint density at radius 2 is 2.18 bits per heavy atom. The van der Waals surface area contributed by atoms with E-state index in [0.29, 0.717) is 31.1 Å². The second-order valence-electron chi connectivity index (χ2n) is 4.18. The van der Waals surface area contributed by atoms with E-state index in [9.17, 15) is 9.90 Å². The Morgan fingerprint density at radius 1 is 1.41 bits per heavy atom. The number of ether oxygens (including phenoxy) is 2. The molecule has 1 unspecified atom stereocenters. The Bertz CT molecular complexity index is 414. The minimum absolute atomic E-state index is 0.0235. The summed E-state index contributed by atoms with van der Waals surface area (Å²) in [6.45, 7) is 3.02. The molecule has 0 bridgehead atoms. The van der Waals surface area contributed by atoms with Crippen molar-refractivity contribution in [1.82, 2.24) is 0 Å². The zero-order valence-corrected chi connectivity index (χ0v) is 9.81. The van der Waals surface area contributed by atoms with Crippen LogP contribution in [0.2, 0.25) is 0 Å². The van der Waals surface area contributed by atoms with Gasteiger partial charge in [0.25, 0.3) is 0 Å². The highest BCUT2D eigenvalue weighted by molar-refractivity contribution is 5.58. The molecule has 92 valence electrons. The van der Waals surface area contributed by atoms with Crippen LogP contribution in [0.3, 0.4) is 0 Å². The van der Waals surface area contributed by atoms with Gasteiger partial charge in [-0.15, -0.1) is 0 Å². The van der Waals surface area contributed by atoms with E-state index >= 15 is 0 Å². The third kappa shape index (κ3) is 2.35. The molecule has 1 aliphatic heterocycles. The lowest BCUT2D eigenvalue weighted by Crippen LogP contribution is -1.99. The molecule has 0 aliphatic carbocycles. The van der Waals surface area contributed by atoms with Gasteiger partial charge >= 0.3 is 0 Å². The van der Waals surface area contributed by atoms with Gasteiger partial charge in [0.2, 0.25) is 5.75 Å². The van der Waals surface area contributed by atoms with Crippen LogP contribution in [0.5, 0.6) is 17.2 Å². The number of phenols is 1. The highest BCUT2D eigenvalue weighted by Gasteiger charge is 2.20. The fourth-order valence-corrected chi connectivity index (χ4v) is 1.91. The molecule has 1 atom stereocenters. The summed E-state index contributed by atoms with van der Waals surface area (Å²) in [7, 11) is 0. The van der Waals surface area contributed by atoms with Crippen LogP contribution in [-0.4, -0.2) is 24.6 Å². The molecule has 4 heteroatoms. The van der Waals surface area contributed by atoms with Crippen molar-refractivity contribution in [3.63, 3.8) is 0 Å². The molecule has 1 heterocycles. The van der Waals surface area contributed by atoms with Gasteiger partial charge in [-0.1, -0.05) is 13.0 Å². The van der Waals surface area contributed by atoms with E-state index in [-0.39, 0.29) is 11.7 Å². The Kier molecular flexibility index (Phi) is 3.52. The molecule has 0 aromatic heterocycles. The summed E-state index contributed by atoms with van der Waals surface area (Å²) in [4.78, 5) is 10.5. The Labute approximate surface area is 100 Å². The zero-order chi connectivity index (χ0) is 12.3. The summed E-state index contributed by atoms with van der Waals surface area (Å²) < 4.78 is 11.0. The Hall–Kier alpha value is -1.71. The quantitative estimate of drug-likeness (QED) is 0.818. The monoisotopic (exact) mass is 236 g/mol. The second-order valence-corrected chi connectivity index (χ2v) is 4.18. The number of hydrogen-bond acceptors (Lipinski definition) is 4. The second kappa shape index (κ2) is 5.08. The van der Waals surface area contributed by atoms with E-state index in [4.69, 9.17) is 9.47 Å². The lowest BCUT2D eigenvalue weighted by atomic mass is 9.97. The standard InChI is InChI=1S/C13H16O4/c1-9(5-6-14)10-3-4-11-13(12(10)15)17-8-2-7-16-11/h3-4,6,9,15H,2,5,7-8H2,1H3. The van der Waals surface area contributed by atoms with Crippen molar-refractivity contribution < 1.29 is 19.4 Å². The van der Waals surface area contributed by atoms with E-state index in [1.807, 2.05) is 6.92 Å². The van der Waals surface area contributed by atoms with Crippen LogP contribution in [0.1, 0.15) is 31.2 Å². The van der Waals surface area contributed by atoms with Gasteiger partial charge in [-0.05, 0) is 12.0 Å². The van der Waals surface area contributed by atoms with Crippen molar-refractivity contribution >= 4 is 6.29 Å². The minimum Gasteiger partial charge on any atom is -0.504 e. The van der Waals surface area contributed by atoms with Gasteiger partial charge in [0.05, 0.1) is 13.2 Å². The third-order valence-corrected chi connectivity index (χ3v) is 2.90. The van der Waals surface area contributed by atoms with Crippen molar-refractivity contribution in [1.29, 1.82) is 0 Å². The molecule has 0 spiro atoms. The molecule has 1 aromatic carbocycles. The molecule has 0 saturated heterocycles. The van der Waals surface area contributed by atoms with E-state index < -0.39 is 0 Å². The average molecular weight is 236 g/mol. The fraction of sp³-hybridized carbons (Fsp3) is 0.462. The van der Waals surface area contributed by atoms with Gasteiger partial charge in [0.1, 0.15) is 6.29 Å². The fourth-order valence-electron chi connectivity index (χ4n) is 1.91. The van der Waals surface area contributed by atoms with Crippen LogP contribution in [0, 0.1) is 0 Å². The first-order valence-electron chi connectivity index (χ1n) is 5.79. The molecular weight excluding hydrogens is 220 g/mol. The molecule has 2 rings (SSSR count). The number of carbonyl (C=O) groups excluding carboxylic acids is 1. The summed E-state index contributed by atoms with van der Waals surface area (Å²) in [6, 6.07) is 3.58. The number of hydrogen-bond donors (Lipinski definition) is 1. The summed E-state index contributed by atoms with van der Waals surface area (Å²) in [5.41, 5.74) is 0.723. The summed E-state index contributed by atoms with van der Waals surface area (Å²) in [5.74, 6) is 1.04.